The molecular weight excluding hydrogens is 236 g/mol. The normalized spacial score (nSPS) is 10.6. The van der Waals surface area contributed by atoms with E-state index in [9.17, 15) is 8.78 Å². The Balaban J connectivity index is 2.20. The van der Waals surface area contributed by atoms with Crippen molar-refractivity contribution >= 4 is 0 Å². The van der Waals surface area contributed by atoms with Gasteiger partial charge in [0.2, 0.25) is 0 Å². The second kappa shape index (κ2) is 5.64. The lowest BCUT2D eigenvalue weighted by Crippen LogP contribution is -2.07. The van der Waals surface area contributed by atoms with Crippen molar-refractivity contribution in [2.45, 2.75) is 12.8 Å². The Hall–Kier alpha value is -1.88. The van der Waals surface area contributed by atoms with Gasteiger partial charge in [0.1, 0.15) is 17.5 Å². The Labute approximate surface area is 104 Å². The second-order valence-electron chi connectivity index (χ2n) is 3.92. The number of aromatic nitrogens is 2. The van der Waals surface area contributed by atoms with Gasteiger partial charge in [-0.1, -0.05) is 6.07 Å². The molecule has 0 saturated carbocycles. The predicted octanol–water partition coefficient (Wildman–Crippen LogP) is 1.85. The lowest BCUT2D eigenvalue weighted by atomic mass is 10.1. The average Bonchev–Trinajstić information content (AvgIpc) is 2.34. The molecule has 0 radical (unpaired) electrons. The van der Waals surface area contributed by atoms with Crippen molar-refractivity contribution < 1.29 is 8.78 Å². The van der Waals surface area contributed by atoms with E-state index < -0.39 is 11.6 Å². The van der Waals surface area contributed by atoms with Gasteiger partial charge < -0.3 is 5.73 Å². The van der Waals surface area contributed by atoms with Gasteiger partial charge in [0.25, 0.3) is 0 Å². The summed E-state index contributed by atoms with van der Waals surface area (Å²) in [6.07, 6.45) is 2.51. The quantitative estimate of drug-likeness (QED) is 0.899. The molecule has 1 heterocycles. The number of hydrogen-bond acceptors (Lipinski definition) is 3. The number of hydrogen-bond donors (Lipinski definition) is 1. The van der Waals surface area contributed by atoms with E-state index in [0.29, 0.717) is 24.4 Å². The van der Waals surface area contributed by atoms with E-state index in [1.165, 1.54) is 12.1 Å². The molecular formula is C13H13F2N3. The molecule has 0 aliphatic rings. The third-order valence-electron chi connectivity index (χ3n) is 2.53. The maximum Gasteiger partial charge on any atom is 0.133 e. The summed E-state index contributed by atoms with van der Waals surface area (Å²) in [4.78, 5) is 8.34. The zero-order valence-corrected chi connectivity index (χ0v) is 9.74. The van der Waals surface area contributed by atoms with Crippen LogP contribution in [-0.2, 0) is 12.8 Å². The number of nitrogens with two attached hydrogens (primary N) is 1. The summed E-state index contributed by atoms with van der Waals surface area (Å²) in [5.41, 5.74) is 6.64. The zero-order chi connectivity index (χ0) is 13.0. The molecule has 0 aliphatic heterocycles. The fourth-order valence-electron chi connectivity index (χ4n) is 1.65. The Morgan fingerprint density at radius 1 is 1.17 bits per heavy atom. The van der Waals surface area contributed by atoms with Crippen LogP contribution in [0.3, 0.4) is 0 Å². The molecule has 1 aromatic heterocycles. The molecule has 2 N–H and O–H groups in total. The first-order valence-corrected chi connectivity index (χ1v) is 5.64. The van der Waals surface area contributed by atoms with Gasteiger partial charge in [0.05, 0.1) is 0 Å². The Morgan fingerprint density at radius 2 is 2.00 bits per heavy atom. The van der Waals surface area contributed by atoms with E-state index in [1.807, 2.05) is 0 Å². The summed E-state index contributed by atoms with van der Waals surface area (Å²) in [6, 6.07) is 5.27. The van der Waals surface area contributed by atoms with Gasteiger partial charge in [-0.05, 0) is 24.2 Å². The van der Waals surface area contributed by atoms with E-state index in [-0.39, 0.29) is 6.42 Å². The number of halogens is 2. The van der Waals surface area contributed by atoms with E-state index in [2.05, 4.69) is 9.97 Å². The highest BCUT2D eigenvalue weighted by atomic mass is 19.1. The minimum atomic E-state index is -0.589. The topological polar surface area (TPSA) is 51.8 Å². The van der Waals surface area contributed by atoms with Crippen LogP contribution in [-0.4, -0.2) is 16.5 Å². The summed E-state index contributed by atoms with van der Waals surface area (Å²) >= 11 is 0. The third kappa shape index (κ3) is 3.07. The van der Waals surface area contributed by atoms with Gasteiger partial charge in [-0.25, -0.2) is 18.7 Å². The largest absolute Gasteiger partial charge is 0.330 e. The molecule has 2 rings (SSSR count). The van der Waals surface area contributed by atoms with Crippen LogP contribution in [0.2, 0.25) is 0 Å². The molecule has 5 heteroatoms. The first-order valence-electron chi connectivity index (χ1n) is 5.64. The van der Waals surface area contributed by atoms with Crippen molar-refractivity contribution in [2.24, 2.45) is 5.73 Å². The van der Waals surface area contributed by atoms with Crippen LogP contribution in [0.5, 0.6) is 0 Å². The van der Waals surface area contributed by atoms with E-state index >= 15 is 0 Å². The minimum absolute atomic E-state index is 0.241. The highest BCUT2D eigenvalue weighted by molar-refractivity contribution is 5.22. The van der Waals surface area contributed by atoms with Crippen molar-refractivity contribution in [3.63, 3.8) is 0 Å². The first-order chi connectivity index (χ1) is 8.69. The van der Waals surface area contributed by atoms with Crippen molar-refractivity contribution in [3.05, 3.63) is 59.2 Å². The van der Waals surface area contributed by atoms with Crippen molar-refractivity contribution in [2.75, 3.05) is 6.54 Å². The highest BCUT2D eigenvalue weighted by Gasteiger charge is 2.07. The predicted molar refractivity (Wildman–Crippen MR) is 64.0 cm³/mol. The summed E-state index contributed by atoms with van der Waals surface area (Å²) in [5.74, 6) is -0.664. The Bertz CT molecular complexity index is 544. The molecule has 2 aromatic rings. The number of nitrogens with zero attached hydrogens (tertiary/aromatic N) is 2. The monoisotopic (exact) mass is 249 g/mol. The van der Waals surface area contributed by atoms with Gasteiger partial charge >= 0.3 is 0 Å². The summed E-state index contributed by atoms with van der Waals surface area (Å²) in [6.45, 7) is 0.501. The van der Waals surface area contributed by atoms with Crippen LogP contribution >= 0.6 is 0 Å². The van der Waals surface area contributed by atoms with Crippen molar-refractivity contribution in [3.8, 4) is 0 Å². The van der Waals surface area contributed by atoms with Gasteiger partial charge in [-0.15, -0.1) is 0 Å². The maximum absolute atomic E-state index is 13.5. The van der Waals surface area contributed by atoms with Crippen LogP contribution in [0.4, 0.5) is 8.78 Å². The molecule has 0 spiro atoms. The lowest BCUT2D eigenvalue weighted by Gasteiger charge is -2.04. The molecule has 1 aromatic carbocycles. The molecule has 0 unspecified atom stereocenters. The molecule has 0 fully saturated rings. The summed E-state index contributed by atoms with van der Waals surface area (Å²) < 4.78 is 26.2. The molecule has 0 amide bonds. The minimum Gasteiger partial charge on any atom is -0.330 e. The average molecular weight is 249 g/mol. The lowest BCUT2D eigenvalue weighted by molar-refractivity contribution is 0.573. The van der Waals surface area contributed by atoms with Crippen LogP contribution < -0.4 is 5.73 Å². The smallest absolute Gasteiger partial charge is 0.133 e. The Morgan fingerprint density at radius 3 is 2.72 bits per heavy atom. The van der Waals surface area contributed by atoms with Crippen LogP contribution in [0.1, 0.15) is 17.1 Å². The van der Waals surface area contributed by atoms with Crippen LogP contribution in [0.25, 0.3) is 0 Å². The van der Waals surface area contributed by atoms with Crippen molar-refractivity contribution in [1.82, 2.24) is 9.97 Å². The van der Waals surface area contributed by atoms with E-state index in [1.54, 1.807) is 12.3 Å². The zero-order valence-electron chi connectivity index (χ0n) is 9.74. The number of benzene rings is 1. The molecule has 0 atom stereocenters. The molecule has 94 valence electrons. The van der Waals surface area contributed by atoms with Gasteiger partial charge in [-0.2, -0.15) is 0 Å². The van der Waals surface area contributed by atoms with Gasteiger partial charge in [0.15, 0.2) is 0 Å². The number of rotatable bonds is 4. The van der Waals surface area contributed by atoms with Gasteiger partial charge in [-0.3, -0.25) is 0 Å². The van der Waals surface area contributed by atoms with Crippen LogP contribution in [0.15, 0.2) is 30.5 Å². The second-order valence-corrected chi connectivity index (χ2v) is 3.92. The fraction of sp³-hybridized carbons (Fsp3) is 0.231. The maximum atomic E-state index is 13.5. The molecule has 0 bridgehead atoms. The van der Waals surface area contributed by atoms with Gasteiger partial charge in [0, 0.05) is 30.8 Å². The first kappa shape index (κ1) is 12.6. The summed E-state index contributed by atoms with van der Waals surface area (Å²) in [5, 5.41) is 0. The van der Waals surface area contributed by atoms with Crippen LogP contribution in [0, 0.1) is 11.6 Å². The molecule has 18 heavy (non-hydrogen) atoms. The third-order valence-corrected chi connectivity index (χ3v) is 2.53. The Kier molecular flexibility index (Phi) is 3.94. The molecule has 3 nitrogen and oxygen atoms in total. The highest BCUT2D eigenvalue weighted by Crippen LogP contribution is 2.12. The molecule has 0 saturated heterocycles. The fourth-order valence-corrected chi connectivity index (χ4v) is 1.65. The van der Waals surface area contributed by atoms with Crippen molar-refractivity contribution in [1.29, 1.82) is 0 Å². The molecule has 0 aliphatic carbocycles. The SMILES string of the molecule is NCCc1ccnc(Cc2ccc(F)cc2F)n1. The van der Waals surface area contributed by atoms with E-state index in [0.717, 1.165) is 11.8 Å². The van der Waals surface area contributed by atoms with E-state index in [4.69, 9.17) is 5.73 Å². The summed E-state index contributed by atoms with van der Waals surface area (Å²) in [7, 11) is 0. The standard InChI is InChI=1S/C13H13F2N3/c14-10-2-1-9(12(15)8-10)7-13-17-6-4-11(18-13)3-5-16/h1-2,4,6,8H,3,5,7,16H2.